The monoisotopic (exact) mass is 177 g/mol. The van der Waals surface area contributed by atoms with Crippen LogP contribution in [0, 0.1) is 5.92 Å². The van der Waals surface area contributed by atoms with Gasteiger partial charge in [0, 0.05) is 11.9 Å². The van der Waals surface area contributed by atoms with Crippen molar-refractivity contribution in [2.24, 2.45) is 5.92 Å². The average molecular weight is 178 g/mol. The lowest BCUT2D eigenvalue weighted by molar-refractivity contribution is 0.450. The van der Waals surface area contributed by atoms with Crippen molar-refractivity contribution in [2.45, 2.75) is 39.7 Å². The number of hydrogen-bond acceptors (Lipinski definition) is 1. The van der Waals surface area contributed by atoms with Gasteiger partial charge in [-0.25, -0.2) is 0 Å². The van der Waals surface area contributed by atoms with E-state index in [1.165, 1.54) is 6.42 Å². The van der Waals surface area contributed by atoms with Crippen LogP contribution >= 0.6 is 11.6 Å². The van der Waals surface area contributed by atoms with Crippen LogP contribution in [0.4, 0.5) is 0 Å². The van der Waals surface area contributed by atoms with Gasteiger partial charge in [-0.15, -0.1) is 11.6 Å². The van der Waals surface area contributed by atoms with Crippen molar-refractivity contribution in [3.05, 3.63) is 0 Å². The molecule has 0 aliphatic rings. The van der Waals surface area contributed by atoms with E-state index in [0.717, 1.165) is 24.8 Å². The maximum absolute atomic E-state index is 5.59. The highest BCUT2D eigenvalue weighted by atomic mass is 35.5. The topological polar surface area (TPSA) is 12.0 Å². The van der Waals surface area contributed by atoms with Crippen LogP contribution < -0.4 is 5.32 Å². The maximum atomic E-state index is 5.59. The summed E-state index contributed by atoms with van der Waals surface area (Å²) in [4.78, 5) is 0. The van der Waals surface area contributed by atoms with Crippen LogP contribution in [-0.2, 0) is 0 Å². The summed E-state index contributed by atoms with van der Waals surface area (Å²) in [5.74, 6) is 1.56. The van der Waals surface area contributed by atoms with Crippen molar-refractivity contribution < 1.29 is 0 Å². The lowest BCUT2D eigenvalue weighted by Crippen LogP contribution is -2.27. The van der Waals surface area contributed by atoms with Crippen LogP contribution in [0.2, 0.25) is 0 Å². The molecule has 0 radical (unpaired) electrons. The molecule has 0 aromatic rings. The first-order chi connectivity index (χ1) is 5.16. The lowest BCUT2D eigenvalue weighted by Gasteiger charge is -2.13. The molecular weight excluding hydrogens is 158 g/mol. The molecule has 0 spiro atoms. The molecule has 0 aliphatic heterocycles. The number of halogens is 1. The first-order valence-electron chi connectivity index (χ1n) is 4.46. The van der Waals surface area contributed by atoms with Gasteiger partial charge in [-0.05, 0) is 25.3 Å². The molecule has 0 aromatic carbocycles. The van der Waals surface area contributed by atoms with Gasteiger partial charge in [-0.2, -0.15) is 0 Å². The molecule has 0 aliphatic carbocycles. The number of rotatable bonds is 6. The molecule has 1 N–H and O–H groups in total. The Hall–Kier alpha value is 0.250. The summed E-state index contributed by atoms with van der Waals surface area (Å²) in [6, 6.07) is 0.605. The minimum Gasteiger partial charge on any atom is -0.314 e. The van der Waals surface area contributed by atoms with Crippen LogP contribution in [0.15, 0.2) is 0 Å². The zero-order valence-corrected chi connectivity index (χ0v) is 8.62. The molecule has 1 atom stereocenters. The first kappa shape index (κ1) is 11.2. The predicted octanol–water partition coefficient (Wildman–Crippen LogP) is 2.64. The third kappa shape index (κ3) is 8.15. The van der Waals surface area contributed by atoms with E-state index >= 15 is 0 Å². The SMILES string of the molecule is CC(CCCCl)CNC(C)C. The van der Waals surface area contributed by atoms with Crippen LogP contribution in [0.3, 0.4) is 0 Å². The van der Waals surface area contributed by atoms with Crippen molar-refractivity contribution >= 4 is 11.6 Å². The van der Waals surface area contributed by atoms with E-state index in [1.54, 1.807) is 0 Å². The molecule has 2 heteroatoms. The molecule has 0 bridgehead atoms. The van der Waals surface area contributed by atoms with E-state index in [0.29, 0.717) is 6.04 Å². The van der Waals surface area contributed by atoms with Crippen molar-refractivity contribution in [1.82, 2.24) is 5.32 Å². The Morgan fingerprint density at radius 1 is 1.27 bits per heavy atom. The summed E-state index contributed by atoms with van der Waals surface area (Å²) in [6.07, 6.45) is 2.38. The Bertz CT molecular complexity index is 83.6. The highest BCUT2D eigenvalue weighted by molar-refractivity contribution is 6.17. The largest absolute Gasteiger partial charge is 0.314 e. The molecule has 1 unspecified atom stereocenters. The Kier molecular flexibility index (Phi) is 7.09. The molecule has 0 amide bonds. The Balaban J connectivity index is 3.15. The van der Waals surface area contributed by atoms with Crippen LogP contribution in [-0.4, -0.2) is 18.5 Å². The maximum Gasteiger partial charge on any atom is 0.0223 e. The van der Waals surface area contributed by atoms with E-state index in [9.17, 15) is 0 Å². The summed E-state index contributed by atoms with van der Waals surface area (Å²) in [6.45, 7) is 7.74. The lowest BCUT2D eigenvalue weighted by atomic mass is 10.1. The van der Waals surface area contributed by atoms with Crippen molar-refractivity contribution in [1.29, 1.82) is 0 Å². The van der Waals surface area contributed by atoms with Crippen molar-refractivity contribution in [3.63, 3.8) is 0 Å². The van der Waals surface area contributed by atoms with E-state index in [-0.39, 0.29) is 0 Å². The van der Waals surface area contributed by atoms with Gasteiger partial charge in [0.15, 0.2) is 0 Å². The van der Waals surface area contributed by atoms with Gasteiger partial charge in [-0.1, -0.05) is 20.8 Å². The van der Waals surface area contributed by atoms with Gasteiger partial charge in [-0.3, -0.25) is 0 Å². The van der Waals surface area contributed by atoms with Gasteiger partial charge in [0.2, 0.25) is 0 Å². The molecule has 68 valence electrons. The summed E-state index contributed by atoms with van der Waals surface area (Å²) in [5, 5.41) is 3.41. The van der Waals surface area contributed by atoms with Gasteiger partial charge < -0.3 is 5.32 Å². The molecular formula is C9H20ClN. The predicted molar refractivity (Wildman–Crippen MR) is 52.3 cm³/mol. The first-order valence-corrected chi connectivity index (χ1v) is 4.99. The second kappa shape index (κ2) is 6.93. The Labute approximate surface area is 75.5 Å². The Morgan fingerprint density at radius 3 is 2.36 bits per heavy atom. The smallest absolute Gasteiger partial charge is 0.0223 e. The van der Waals surface area contributed by atoms with E-state index in [1.807, 2.05) is 0 Å². The minimum absolute atomic E-state index is 0.605. The summed E-state index contributed by atoms with van der Waals surface area (Å²) < 4.78 is 0. The average Bonchev–Trinajstić information content (AvgIpc) is 1.97. The fourth-order valence-corrected chi connectivity index (χ4v) is 1.12. The summed E-state index contributed by atoms with van der Waals surface area (Å²) in [5.41, 5.74) is 0. The fourth-order valence-electron chi connectivity index (χ4n) is 0.965. The molecule has 0 heterocycles. The summed E-state index contributed by atoms with van der Waals surface area (Å²) in [7, 11) is 0. The molecule has 1 nitrogen and oxygen atoms in total. The Morgan fingerprint density at radius 2 is 1.91 bits per heavy atom. The van der Waals surface area contributed by atoms with Crippen LogP contribution in [0.1, 0.15) is 33.6 Å². The van der Waals surface area contributed by atoms with Crippen LogP contribution in [0.5, 0.6) is 0 Å². The van der Waals surface area contributed by atoms with E-state index in [2.05, 4.69) is 26.1 Å². The normalized spacial score (nSPS) is 13.9. The number of alkyl halides is 1. The quantitative estimate of drug-likeness (QED) is 0.616. The highest BCUT2D eigenvalue weighted by Gasteiger charge is 2.01. The minimum atomic E-state index is 0.605. The second-order valence-corrected chi connectivity index (χ2v) is 3.88. The summed E-state index contributed by atoms with van der Waals surface area (Å²) >= 11 is 5.59. The molecule has 0 saturated heterocycles. The zero-order valence-electron chi connectivity index (χ0n) is 7.86. The zero-order chi connectivity index (χ0) is 8.69. The molecule has 11 heavy (non-hydrogen) atoms. The molecule has 0 saturated carbocycles. The van der Waals surface area contributed by atoms with Gasteiger partial charge >= 0.3 is 0 Å². The number of nitrogens with one attached hydrogen (secondary N) is 1. The number of hydrogen-bond donors (Lipinski definition) is 1. The van der Waals surface area contributed by atoms with E-state index in [4.69, 9.17) is 11.6 Å². The fraction of sp³-hybridized carbons (Fsp3) is 1.00. The molecule has 0 aromatic heterocycles. The van der Waals surface area contributed by atoms with Crippen molar-refractivity contribution in [3.8, 4) is 0 Å². The molecule has 0 fully saturated rings. The van der Waals surface area contributed by atoms with Gasteiger partial charge in [0.1, 0.15) is 0 Å². The van der Waals surface area contributed by atoms with Gasteiger partial charge in [0.25, 0.3) is 0 Å². The highest BCUT2D eigenvalue weighted by Crippen LogP contribution is 2.04. The van der Waals surface area contributed by atoms with Crippen molar-refractivity contribution in [2.75, 3.05) is 12.4 Å². The third-order valence-corrected chi connectivity index (χ3v) is 1.97. The van der Waals surface area contributed by atoms with Crippen LogP contribution in [0.25, 0.3) is 0 Å². The molecule has 0 rings (SSSR count). The third-order valence-electron chi connectivity index (χ3n) is 1.71. The second-order valence-electron chi connectivity index (χ2n) is 3.50. The standard InChI is InChI=1S/C9H20ClN/c1-8(2)11-7-9(3)5-4-6-10/h8-9,11H,4-7H2,1-3H3. The van der Waals surface area contributed by atoms with E-state index < -0.39 is 0 Å². The van der Waals surface area contributed by atoms with Gasteiger partial charge in [0.05, 0.1) is 0 Å².